The van der Waals surface area contributed by atoms with E-state index in [1.807, 2.05) is 6.92 Å². The van der Waals surface area contributed by atoms with Gasteiger partial charge in [-0.2, -0.15) is 0 Å². The summed E-state index contributed by atoms with van der Waals surface area (Å²) in [6.07, 6.45) is 2.28. The monoisotopic (exact) mass is 168 g/mol. The van der Waals surface area contributed by atoms with Crippen LogP contribution in [0.15, 0.2) is 0 Å². The predicted octanol–water partition coefficient (Wildman–Crippen LogP) is 1.04. The van der Waals surface area contributed by atoms with Gasteiger partial charge >= 0.3 is 0 Å². The molecular formula is C10H16O2. The molecular weight excluding hydrogens is 152 g/mol. The van der Waals surface area contributed by atoms with Crippen LogP contribution < -0.4 is 0 Å². The summed E-state index contributed by atoms with van der Waals surface area (Å²) in [5, 5.41) is 8.97. The number of aliphatic hydroxyl groups excluding tert-OH is 1. The molecule has 1 aliphatic carbocycles. The fourth-order valence-electron chi connectivity index (χ4n) is 1.70. The molecule has 0 radical (unpaired) electrons. The zero-order chi connectivity index (χ0) is 8.97. The number of ether oxygens (including phenoxy) is 1. The molecule has 0 aromatic carbocycles. The zero-order valence-corrected chi connectivity index (χ0v) is 7.71. The molecule has 1 aliphatic rings. The summed E-state index contributed by atoms with van der Waals surface area (Å²) in [5.74, 6) is 6.74. The number of hydrogen-bond acceptors (Lipinski definition) is 2. The highest BCUT2D eigenvalue weighted by Gasteiger charge is 2.35. The third-order valence-corrected chi connectivity index (χ3v) is 2.64. The lowest BCUT2D eigenvalue weighted by atomic mass is 9.71. The van der Waals surface area contributed by atoms with Crippen molar-refractivity contribution in [2.45, 2.75) is 25.9 Å². The quantitative estimate of drug-likeness (QED) is 0.638. The number of rotatable bonds is 3. The first kappa shape index (κ1) is 9.57. The SMILES string of the molecule is CC#C[C@H](OC)[C@@H]1CC[C@H]1CO. The van der Waals surface area contributed by atoms with Gasteiger partial charge in [0, 0.05) is 19.6 Å². The summed E-state index contributed by atoms with van der Waals surface area (Å²) >= 11 is 0. The maximum Gasteiger partial charge on any atom is 0.120 e. The van der Waals surface area contributed by atoms with E-state index in [4.69, 9.17) is 9.84 Å². The normalized spacial score (nSPS) is 29.9. The fraction of sp³-hybridized carbons (Fsp3) is 0.800. The van der Waals surface area contributed by atoms with Gasteiger partial charge < -0.3 is 9.84 Å². The standard InChI is InChI=1S/C10H16O2/c1-3-4-10(12-2)9-6-5-8(9)7-11/h8-11H,5-7H2,1-2H3/t8-,9+,10-/m0/s1. The van der Waals surface area contributed by atoms with E-state index < -0.39 is 0 Å². The first-order chi connectivity index (χ1) is 5.83. The van der Waals surface area contributed by atoms with Gasteiger partial charge in [0.15, 0.2) is 0 Å². The first-order valence-electron chi connectivity index (χ1n) is 4.39. The molecule has 0 bridgehead atoms. The van der Waals surface area contributed by atoms with Gasteiger partial charge in [0.1, 0.15) is 6.10 Å². The van der Waals surface area contributed by atoms with E-state index in [0.717, 1.165) is 12.8 Å². The highest BCUT2D eigenvalue weighted by molar-refractivity contribution is 5.07. The lowest BCUT2D eigenvalue weighted by Gasteiger charge is -2.38. The zero-order valence-electron chi connectivity index (χ0n) is 7.71. The minimum absolute atomic E-state index is 0.0286. The van der Waals surface area contributed by atoms with Crippen LogP contribution in [0.2, 0.25) is 0 Å². The Morgan fingerprint density at radius 1 is 1.58 bits per heavy atom. The van der Waals surface area contributed by atoms with Crippen LogP contribution >= 0.6 is 0 Å². The molecule has 3 atom stereocenters. The van der Waals surface area contributed by atoms with E-state index in [1.54, 1.807) is 7.11 Å². The molecule has 0 spiro atoms. The van der Waals surface area contributed by atoms with E-state index in [2.05, 4.69) is 11.8 Å². The minimum atomic E-state index is 0.0286. The molecule has 2 nitrogen and oxygen atoms in total. The average molecular weight is 168 g/mol. The van der Waals surface area contributed by atoms with Crippen LogP contribution in [0.1, 0.15) is 19.8 Å². The highest BCUT2D eigenvalue weighted by atomic mass is 16.5. The van der Waals surface area contributed by atoms with Crippen molar-refractivity contribution in [1.29, 1.82) is 0 Å². The third kappa shape index (κ3) is 1.80. The van der Waals surface area contributed by atoms with Crippen molar-refractivity contribution in [3.8, 4) is 11.8 Å². The predicted molar refractivity (Wildman–Crippen MR) is 47.5 cm³/mol. The second-order valence-electron chi connectivity index (χ2n) is 3.23. The number of aliphatic hydroxyl groups is 1. The lowest BCUT2D eigenvalue weighted by Crippen LogP contribution is -2.38. The molecule has 0 amide bonds. The molecule has 1 fully saturated rings. The van der Waals surface area contributed by atoms with Gasteiger partial charge in [-0.25, -0.2) is 0 Å². The van der Waals surface area contributed by atoms with Crippen molar-refractivity contribution in [3.05, 3.63) is 0 Å². The molecule has 1 rings (SSSR count). The van der Waals surface area contributed by atoms with Gasteiger partial charge in [-0.05, 0) is 25.7 Å². The number of hydrogen-bond donors (Lipinski definition) is 1. The van der Waals surface area contributed by atoms with E-state index >= 15 is 0 Å². The maximum absolute atomic E-state index is 8.97. The Morgan fingerprint density at radius 2 is 2.33 bits per heavy atom. The summed E-state index contributed by atoms with van der Waals surface area (Å²) in [5.41, 5.74) is 0. The highest BCUT2D eigenvalue weighted by Crippen LogP contribution is 2.37. The van der Waals surface area contributed by atoms with Gasteiger partial charge in [0.05, 0.1) is 0 Å². The van der Waals surface area contributed by atoms with Crippen LogP contribution in [0.4, 0.5) is 0 Å². The first-order valence-corrected chi connectivity index (χ1v) is 4.39. The maximum atomic E-state index is 8.97. The van der Waals surface area contributed by atoms with Crippen molar-refractivity contribution < 1.29 is 9.84 Å². The van der Waals surface area contributed by atoms with Crippen LogP contribution in [0, 0.1) is 23.7 Å². The van der Waals surface area contributed by atoms with Crippen LogP contribution in [0.3, 0.4) is 0 Å². The second kappa shape index (κ2) is 4.49. The Balaban J connectivity index is 2.47. The van der Waals surface area contributed by atoms with Crippen molar-refractivity contribution >= 4 is 0 Å². The molecule has 0 heterocycles. The van der Waals surface area contributed by atoms with Crippen molar-refractivity contribution in [2.24, 2.45) is 11.8 Å². The van der Waals surface area contributed by atoms with Crippen LogP contribution in [-0.4, -0.2) is 24.9 Å². The van der Waals surface area contributed by atoms with Crippen LogP contribution in [0.5, 0.6) is 0 Å². The van der Waals surface area contributed by atoms with Crippen LogP contribution in [-0.2, 0) is 4.74 Å². The molecule has 0 aromatic heterocycles. The molecule has 0 aliphatic heterocycles. The third-order valence-electron chi connectivity index (χ3n) is 2.64. The van der Waals surface area contributed by atoms with Gasteiger partial charge in [-0.1, -0.05) is 5.92 Å². The summed E-state index contributed by atoms with van der Waals surface area (Å²) in [4.78, 5) is 0. The van der Waals surface area contributed by atoms with E-state index in [1.165, 1.54) is 0 Å². The van der Waals surface area contributed by atoms with Gasteiger partial charge in [0.2, 0.25) is 0 Å². The molecule has 68 valence electrons. The molecule has 0 aromatic rings. The smallest absolute Gasteiger partial charge is 0.120 e. The molecule has 1 saturated carbocycles. The average Bonchev–Trinajstić information content (AvgIpc) is 2.02. The minimum Gasteiger partial charge on any atom is -0.396 e. The molecule has 12 heavy (non-hydrogen) atoms. The molecule has 1 N–H and O–H groups in total. The number of methoxy groups -OCH3 is 1. The van der Waals surface area contributed by atoms with Gasteiger partial charge in [-0.3, -0.25) is 0 Å². The Labute approximate surface area is 73.9 Å². The largest absolute Gasteiger partial charge is 0.396 e. The summed E-state index contributed by atoms with van der Waals surface area (Å²) in [7, 11) is 1.68. The molecule has 2 heteroatoms. The van der Waals surface area contributed by atoms with Gasteiger partial charge in [0.25, 0.3) is 0 Å². The Hall–Kier alpha value is -0.520. The Morgan fingerprint density at radius 3 is 2.67 bits per heavy atom. The molecule has 0 unspecified atom stereocenters. The lowest BCUT2D eigenvalue weighted by molar-refractivity contribution is -0.00699. The van der Waals surface area contributed by atoms with E-state index in [-0.39, 0.29) is 12.7 Å². The summed E-state index contributed by atoms with van der Waals surface area (Å²) < 4.78 is 5.24. The van der Waals surface area contributed by atoms with Crippen molar-refractivity contribution in [2.75, 3.05) is 13.7 Å². The summed E-state index contributed by atoms with van der Waals surface area (Å²) in [6.45, 7) is 2.09. The van der Waals surface area contributed by atoms with Crippen LogP contribution in [0.25, 0.3) is 0 Å². The van der Waals surface area contributed by atoms with Gasteiger partial charge in [-0.15, -0.1) is 5.92 Å². The Kier molecular flexibility index (Phi) is 3.58. The van der Waals surface area contributed by atoms with E-state index in [0.29, 0.717) is 11.8 Å². The second-order valence-corrected chi connectivity index (χ2v) is 3.23. The van der Waals surface area contributed by atoms with E-state index in [9.17, 15) is 0 Å². The Bertz CT molecular complexity index is 188. The summed E-state index contributed by atoms with van der Waals surface area (Å²) in [6, 6.07) is 0. The van der Waals surface area contributed by atoms with Crippen molar-refractivity contribution in [1.82, 2.24) is 0 Å². The van der Waals surface area contributed by atoms with Crippen molar-refractivity contribution in [3.63, 3.8) is 0 Å². The topological polar surface area (TPSA) is 29.5 Å². The fourth-order valence-corrected chi connectivity index (χ4v) is 1.70. The molecule has 0 saturated heterocycles.